The predicted octanol–water partition coefficient (Wildman–Crippen LogP) is 1.55. The minimum atomic E-state index is 0.658. The van der Waals surface area contributed by atoms with Gasteiger partial charge in [0, 0.05) is 58.2 Å². The summed E-state index contributed by atoms with van der Waals surface area (Å²) in [5, 5.41) is 0. The van der Waals surface area contributed by atoms with Gasteiger partial charge in [-0.3, -0.25) is 4.90 Å². The molecule has 0 radical (unpaired) electrons. The van der Waals surface area contributed by atoms with Gasteiger partial charge in [0.25, 0.3) is 0 Å². The summed E-state index contributed by atoms with van der Waals surface area (Å²) < 4.78 is 0. The molecule has 118 valence electrons. The maximum Gasteiger partial charge on any atom is 0.224 e. The van der Waals surface area contributed by atoms with Gasteiger partial charge in [-0.05, 0) is 12.0 Å². The van der Waals surface area contributed by atoms with Crippen molar-refractivity contribution in [1.29, 1.82) is 0 Å². The Labute approximate surface area is 132 Å². The van der Waals surface area contributed by atoms with Crippen molar-refractivity contribution in [2.75, 3.05) is 38.6 Å². The summed E-state index contributed by atoms with van der Waals surface area (Å²) in [6, 6.07) is 10.5. The third kappa shape index (κ3) is 5.09. The van der Waals surface area contributed by atoms with Crippen molar-refractivity contribution in [3.63, 3.8) is 0 Å². The van der Waals surface area contributed by atoms with Crippen LogP contribution in [0.5, 0.6) is 0 Å². The van der Waals surface area contributed by atoms with Crippen LogP contribution in [0.3, 0.4) is 0 Å². The molecule has 0 fully saturated rings. The lowest BCUT2D eigenvalue weighted by Crippen LogP contribution is -2.31. The SMILES string of the molecule is CN(C)c1ncc(CN(CCN)CCc2ccccc2)cn1. The molecule has 0 spiro atoms. The molecule has 0 aliphatic rings. The van der Waals surface area contributed by atoms with Crippen molar-refractivity contribution in [2.45, 2.75) is 13.0 Å². The van der Waals surface area contributed by atoms with Crippen LogP contribution in [0.4, 0.5) is 5.95 Å². The van der Waals surface area contributed by atoms with Crippen molar-refractivity contribution in [1.82, 2.24) is 14.9 Å². The molecule has 0 aliphatic heterocycles. The molecule has 1 aromatic carbocycles. The zero-order valence-electron chi connectivity index (χ0n) is 13.4. The van der Waals surface area contributed by atoms with Gasteiger partial charge in [-0.25, -0.2) is 9.97 Å². The Morgan fingerprint density at radius 3 is 2.23 bits per heavy atom. The highest BCUT2D eigenvalue weighted by Gasteiger charge is 2.07. The minimum absolute atomic E-state index is 0.658. The fourth-order valence-corrected chi connectivity index (χ4v) is 2.30. The average molecular weight is 299 g/mol. The molecular weight excluding hydrogens is 274 g/mol. The summed E-state index contributed by atoms with van der Waals surface area (Å²) >= 11 is 0. The smallest absolute Gasteiger partial charge is 0.224 e. The van der Waals surface area contributed by atoms with Gasteiger partial charge in [-0.15, -0.1) is 0 Å². The van der Waals surface area contributed by atoms with Crippen LogP contribution in [0.1, 0.15) is 11.1 Å². The first-order chi connectivity index (χ1) is 10.7. The maximum absolute atomic E-state index is 5.74. The Kier molecular flexibility index (Phi) is 6.30. The first kappa shape index (κ1) is 16.4. The van der Waals surface area contributed by atoms with Crippen LogP contribution in [0.15, 0.2) is 42.7 Å². The second kappa shape index (κ2) is 8.46. The van der Waals surface area contributed by atoms with Gasteiger partial charge in [0.2, 0.25) is 5.95 Å². The predicted molar refractivity (Wildman–Crippen MR) is 90.8 cm³/mol. The molecule has 5 nitrogen and oxygen atoms in total. The summed E-state index contributed by atoms with van der Waals surface area (Å²) in [5.41, 5.74) is 8.20. The normalized spacial score (nSPS) is 10.9. The highest BCUT2D eigenvalue weighted by atomic mass is 15.2. The molecule has 2 rings (SSSR count). The summed E-state index contributed by atoms with van der Waals surface area (Å²) in [7, 11) is 3.88. The standard InChI is InChI=1S/C17H25N5/c1-21(2)17-19-12-16(13-20-17)14-22(11-9-18)10-8-15-6-4-3-5-7-15/h3-7,12-13H,8-11,14,18H2,1-2H3. The number of anilines is 1. The number of benzene rings is 1. The molecule has 0 amide bonds. The van der Waals surface area contributed by atoms with Crippen LogP contribution in [0.25, 0.3) is 0 Å². The lowest BCUT2D eigenvalue weighted by Gasteiger charge is -2.21. The van der Waals surface area contributed by atoms with Crippen LogP contribution in [0.2, 0.25) is 0 Å². The molecule has 0 unspecified atom stereocenters. The van der Waals surface area contributed by atoms with Crippen molar-refractivity contribution in [3.05, 3.63) is 53.9 Å². The number of nitrogens with two attached hydrogens (primary N) is 1. The quantitative estimate of drug-likeness (QED) is 0.801. The monoisotopic (exact) mass is 299 g/mol. The Morgan fingerprint density at radius 1 is 0.955 bits per heavy atom. The van der Waals surface area contributed by atoms with E-state index in [4.69, 9.17) is 5.73 Å². The van der Waals surface area contributed by atoms with Crippen molar-refractivity contribution < 1.29 is 0 Å². The lowest BCUT2D eigenvalue weighted by atomic mass is 10.1. The molecule has 1 aromatic heterocycles. The van der Waals surface area contributed by atoms with E-state index in [1.54, 1.807) is 0 Å². The molecule has 5 heteroatoms. The van der Waals surface area contributed by atoms with E-state index in [1.165, 1.54) is 5.56 Å². The summed E-state index contributed by atoms with van der Waals surface area (Å²) in [6.45, 7) is 3.35. The Hall–Kier alpha value is -1.98. The molecule has 0 saturated heterocycles. The number of nitrogens with zero attached hydrogens (tertiary/aromatic N) is 4. The van der Waals surface area contributed by atoms with Crippen LogP contribution in [-0.4, -0.2) is 48.6 Å². The van der Waals surface area contributed by atoms with E-state index < -0.39 is 0 Å². The molecule has 0 bridgehead atoms. The molecule has 0 aliphatic carbocycles. The molecule has 2 N–H and O–H groups in total. The van der Waals surface area contributed by atoms with E-state index in [0.717, 1.165) is 37.6 Å². The summed E-state index contributed by atoms with van der Waals surface area (Å²) in [4.78, 5) is 13.0. The van der Waals surface area contributed by atoms with E-state index in [0.29, 0.717) is 6.54 Å². The van der Waals surface area contributed by atoms with Crippen LogP contribution < -0.4 is 10.6 Å². The third-order valence-electron chi connectivity index (χ3n) is 3.50. The summed E-state index contributed by atoms with van der Waals surface area (Å²) in [5.74, 6) is 0.735. The van der Waals surface area contributed by atoms with Crippen molar-refractivity contribution in [3.8, 4) is 0 Å². The Morgan fingerprint density at radius 2 is 1.64 bits per heavy atom. The third-order valence-corrected chi connectivity index (χ3v) is 3.50. The van der Waals surface area contributed by atoms with E-state index in [-0.39, 0.29) is 0 Å². The zero-order chi connectivity index (χ0) is 15.8. The maximum atomic E-state index is 5.74. The van der Waals surface area contributed by atoms with E-state index in [1.807, 2.05) is 37.5 Å². The molecule has 2 aromatic rings. The van der Waals surface area contributed by atoms with E-state index >= 15 is 0 Å². The number of rotatable bonds is 8. The largest absolute Gasteiger partial charge is 0.347 e. The highest BCUT2D eigenvalue weighted by Crippen LogP contribution is 2.08. The first-order valence-electron chi connectivity index (χ1n) is 7.63. The minimum Gasteiger partial charge on any atom is -0.347 e. The van der Waals surface area contributed by atoms with Gasteiger partial charge >= 0.3 is 0 Å². The van der Waals surface area contributed by atoms with Gasteiger partial charge in [-0.2, -0.15) is 0 Å². The topological polar surface area (TPSA) is 58.3 Å². The lowest BCUT2D eigenvalue weighted by molar-refractivity contribution is 0.276. The second-order valence-electron chi connectivity index (χ2n) is 5.59. The Bertz CT molecular complexity index is 539. The fourth-order valence-electron chi connectivity index (χ4n) is 2.30. The van der Waals surface area contributed by atoms with Gasteiger partial charge < -0.3 is 10.6 Å². The van der Waals surface area contributed by atoms with E-state index in [2.05, 4.69) is 39.1 Å². The molecule has 0 atom stereocenters. The Balaban J connectivity index is 1.93. The molecular formula is C17H25N5. The van der Waals surface area contributed by atoms with Gasteiger partial charge in [0.05, 0.1) is 0 Å². The van der Waals surface area contributed by atoms with Crippen molar-refractivity contribution >= 4 is 5.95 Å². The number of hydrogen-bond donors (Lipinski definition) is 1. The summed E-state index contributed by atoms with van der Waals surface area (Å²) in [6.07, 6.45) is 4.82. The highest BCUT2D eigenvalue weighted by molar-refractivity contribution is 5.26. The first-order valence-corrected chi connectivity index (χ1v) is 7.63. The van der Waals surface area contributed by atoms with E-state index in [9.17, 15) is 0 Å². The van der Waals surface area contributed by atoms with Crippen molar-refractivity contribution in [2.24, 2.45) is 5.73 Å². The molecule has 22 heavy (non-hydrogen) atoms. The molecule has 1 heterocycles. The average Bonchev–Trinajstić information content (AvgIpc) is 2.54. The number of hydrogen-bond acceptors (Lipinski definition) is 5. The van der Waals surface area contributed by atoms with Gasteiger partial charge in [0.15, 0.2) is 0 Å². The van der Waals surface area contributed by atoms with Crippen LogP contribution in [-0.2, 0) is 13.0 Å². The van der Waals surface area contributed by atoms with Gasteiger partial charge in [0.1, 0.15) is 0 Å². The fraction of sp³-hybridized carbons (Fsp3) is 0.412. The van der Waals surface area contributed by atoms with Crippen LogP contribution >= 0.6 is 0 Å². The van der Waals surface area contributed by atoms with Crippen LogP contribution in [0, 0.1) is 0 Å². The molecule has 0 saturated carbocycles. The van der Waals surface area contributed by atoms with Gasteiger partial charge in [-0.1, -0.05) is 30.3 Å². The number of aromatic nitrogens is 2. The zero-order valence-corrected chi connectivity index (χ0v) is 13.4. The second-order valence-corrected chi connectivity index (χ2v) is 5.59.